The number of hydrogen-bond donors (Lipinski definition) is 1. The number of hydrogen-bond acceptors (Lipinski definition) is 3. The number of anilines is 1. The molecule has 0 bridgehead atoms. The number of fused-ring (bicyclic) bond motifs is 1. The van der Waals surface area contributed by atoms with Crippen LogP contribution in [0, 0.1) is 0 Å². The first-order valence-corrected chi connectivity index (χ1v) is 4.92. The van der Waals surface area contributed by atoms with Crippen LogP contribution in [0.4, 0.5) is 14.6 Å². The molecule has 0 saturated heterocycles. The van der Waals surface area contributed by atoms with E-state index >= 15 is 0 Å². The number of benzene rings is 1. The summed E-state index contributed by atoms with van der Waals surface area (Å²) in [6, 6.07) is 4.83. The Balaban J connectivity index is 2.73. The molecule has 1 aromatic heterocycles. The van der Waals surface area contributed by atoms with Crippen LogP contribution < -0.4 is 5.32 Å². The van der Waals surface area contributed by atoms with E-state index in [0.29, 0.717) is 21.7 Å². The molecule has 0 amide bonds. The van der Waals surface area contributed by atoms with E-state index in [1.807, 2.05) is 0 Å². The third kappa shape index (κ3) is 1.90. The summed E-state index contributed by atoms with van der Waals surface area (Å²) in [5, 5.41) is 3.89. The molecule has 0 aliphatic heterocycles. The summed E-state index contributed by atoms with van der Waals surface area (Å²) in [5.41, 5.74) is 0.444. The lowest BCUT2D eigenvalue weighted by Gasteiger charge is -2.07. The molecule has 3 nitrogen and oxygen atoms in total. The number of aromatic nitrogens is 2. The van der Waals surface area contributed by atoms with E-state index < -0.39 is 12.2 Å². The summed E-state index contributed by atoms with van der Waals surface area (Å²) in [5.74, 6) is -0.137. The summed E-state index contributed by atoms with van der Waals surface area (Å²) in [7, 11) is 1.61. The summed E-state index contributed by atoms with van der Waals surface area (Å²) >= 11 is 5.82. The maximum absolute atomic E-state index is 12.5. The van der Waals surface area contributed by atoms with Crippen molar-refractivity contribution in [3.63, 3.8) is 0 Å². The lowest BCUT2D eigenvalue weighted by molar-refractivity contribution is 0.141. The molecule has 2 rings (SSSR count). The Morgan fingerprint density at radius 2 is 2.06 bits per heavy atom. The Bertz CT molecular complexity index is 531. The van der Waals surface area contributed by atoms with Crippen LogP contribution in [0.15, 0.2) is 18.2 Å². The molecule has 1 aromatic carbocycles. The maximum Gasteiger partial charge on any atom is 0.297 e. The third-order valence-electron chi connectivity index (χ3n) is 2.11. The first kappa shape index (κ1) is 11.0. The maximum atomic E-state index is 12.5. The highest BCUT2D eigenvalue weighted by molar-refractivity contribution is 6.31. The molecule has 84 valence electrons. The summed E-state index contributed by atoms with van der Waals surface area (Å²) < 4.78 is 25.0. The zero-order valence-electron chi connectivity index (χ0n) is 8.34. The molecule has 2 aromatic rings. The number of nitrogens with zero attached hydrogens (tertiary/aromatic N) is 2. The fraction of sp³-hybridized carbons (Fsp3) is 0.200. The van der Waals surface area contributed by atoms with Crippen LogP contribution >= 0.6 is 11.6 Å². The molecule has 16 heavy (non-hydrogen) atoms. The van der Waals surface area contributed by atoms with Crippen molar-refractivity contribution in [1.82, 2.24) is 9.97 Å². The Labute approximate surface area is 95.5 Å². The van der Waals surface area contributed by atoms with Gasteiger partial charge in [-0.1, -0.05) is 11.6 Å². The Hall–Kier alpha value is -1.49. The smallest absolute Gasteiger partial charge is 0.297 e. The zero-order valence-corrected chi connectivity index (χ0v) is 9.09. The van der Waals surface area contributed by atoms with E-state index in [1.165, 1.54) is 0 Å². The summed E-state index contributed by atoms with van der Waals surface area (Å²) in [4.78, 5) is 7.49. The molecule has 1 N–H and O–H groups in total. The monoisotopic (exact) mass is 243 g/mol. The van der Waals surface area contributed by atoms with Crippen molar-refractivity contribution in [2.45, 2.75) is 6.43 Å². The third-order valence-corrected chi connectivity index (χ3v) is 2.34. The quantitative estimate of drug-likeness (QED) is 0.880. The molecule has 0 aliphatic carbocycles. The van der Waals surface area contributed by atoms with Crippen molar-refractivity contribution < 1.29 is 8.78 Å². The van der Waals surface area contributed by atoms with Crippen molar-refractivity contribution in [3.05, 3.63) is 29.0 Å². The molecule has 0 fully saturated rings. The molecule has 0 aliphatic rings. The average molecular weight is 244 g/mol. The standard InChI is InChI=1S/C10H8ClF2N3/c1-14-9-6-4-5(11)2-3-7(6)15-10(16-9)8(12)13/h2-4,8H,1H3,(H,14,15,16). The fourth-order valence-corrected chi connectivity index (χ4v) is 1.58. The van der Waals surface area contributed by atoms with E-state index in [1.54, 1.807) is 25.2 Å². The van der Waals surface area contributed by atoms with Crippen LogP contribution in [0.25, 0.3) is 10.9 Å². The van der Waals surface area contributed by atoms with Crippen molar-refractivity contribution in [3.8, 4) is 0 Å². The SMILES string of the molecule is CNc1nc(C(F)F)nc2ccc(Cl)cc12. The topological polar surface area (TPSA) is 37.8 Å². The molecule has 0 radical (unpaired) electrons. The number of alkyl halides is 2. The molecule has 0 spiro atoms. The van der Waals surface area contributed by atoms with Crippen LogP contribution in [0.5, 0.6) is 0 Å². The highest BCUT2D eigenvalue weighted by Crippen LogP contribution is 2.26. The van der Waals surface area contributed by atoms with Crippen molar-refractivity contribution in [2.75, 3.05) is 12.4 Å². The van der Waals surface area contributed by atoms with Gasteiger partial charge in [0.05, 0.1) is 5.52 Å². The van der Waals surface area contributed by atoms with E-state index in [2.05, 4.69) is 15.3 Å². The average Bonchev–Trinajstić information content (AvgIpc) is 2.27. The largest absolute Gasteiger partial charge is 0.373 e. The predicted octanol–water partition coefficient (Wildman–Crippen LogP) is 3.26. The van der Waals surface area contributed by atoms with Gasteiger partial charge in [0, 0.05) is 17.5 Å². The van der Waals surface area contributed by atoms with E-state index in [4.69, 9.17) is 11.6 Å². The fourth-order valence-electron chi connectivity index (χ4n) is 1.41. The number of rotatable bonds is 2. The van der Waals surface area contributed by atoms with Gasteiger partial charge in [-0.2, -0.15) is 0 Å². The van der Waals surface area contributed by atoms with Crippen LogP contribution in [0.3, 0.4) is 0 Å². The van der Waals surface area contributed by atoms with E-state index in [-0.39, 0.29) is 0 Å². The van der Waals surface area contributed by atoms with Gasteiger partial charge in [-0.3, -0.25) is 0 Å². The Morgan fingerprint density at radius 1 is 1.31 bits per heavy atom. The van der Waals surface area contributed by atoms with Crippen LogP contribution in [-0.2, 0) is 0 Å². The van der Waals surface area contributed by atoms with Gasteiger partial charge in [0.2, 0.25) is 0 Å². The molecular formula is C10H8ClF2N3. The summed E-state index contributed by atoms with van der Waals surface area (Å²) in [6.07, 6.45) is -2.69. The molecule has 0 saturated carbocycles. The zero-order chi connectivity index (χ0) is 11.7. The van der Waals surface area contributed by atoms with Gasteiger partial charge >= 0.3 is 0 Å². The van der Waals surface area contributed by atoms with Gasteiger partial charge in [0.15, 0.2) is 5.82 Å². The molecule has 0 atom stereocenters. The van der Waals surface area contributed by atoms with Gasteiger partial charge in [0.25, 0.3) is 6.43 Å². The molecule has 0 unspecified atom stereocenters. The second-order valence-electron chi connectivity index (χ2n) is 3.14. The normalized spacial score (nSPS) is 11.1. The minimum absolute atomic E-state index is 0.350. The van der Waals surface area contributed by atoms with Crippen LogP contribution in [-0.4, -0.2) is 17.0 Å². The van der Waals surface area contributed by atoms with Crippen molar-refractivity contribution in [2.24, 2.45) is 0 Å². The predicted molar refractivity (Wildman–Crippen MR) is 59.1 cm³/mol. The van der Waals surface area contributed by atoms with Gasteiger partial charge in [-0.15, -0.1) is 0 Å². The lowest BCUT2D eigenvalue weighted by Crippen LogP contribution is -2.01. The lowest BCUT2D eigenvalue weighted by atomic mass is 10.2. The number of halogens is 3. The van der Waals surface area contributed by atoms with Crippen LogP contribution in [0.1, 0.15) is 12.2 Å². The van der Waals surface area contributed by atoms with Gasteiger partial charge < -0.3 is 5.32 Å². The van der Waals surface area contributed by atoms with Gasteiger partial charge in [-0.25, -0.2) is 18.7 Å². The van der Waals surface area contributed by atoms with E-state index in [9.17, 15) is 8.78 Å². The van der Waals surface area contributed by atoms with Crippen molar-refractivity contribution in [1.29, 1.82) is 0 Å². The van der Waals surface area contributed by atoms with Gasteiger partial charge in [0.1, 0.15) is 5.82 Å². The Morgan fingerprint density at radius 3 is 2.69 bits per heavy atom. The minimum Gasteiger partial charge on any atom is -0.373 e. The first-order chi connectivity index (χ1) is 7.61. The molecule has 6 heteroatoms. The second kappa shape index (κ2) is 4.17. The molecular weight excluding hydrogens is 236 g/mol. The highest BCUT2D eigenvalue weighted by atomic mass is 35.5. The second-order valence-corrected chi connectivity index (χ2v) is 3.58. The van der Waals surface area contributed by atoms with Crippen molar-refractivity contribution >= 4 is 28.3 Å². The van der Waals surface area contributed by atoms with Gasteiger partial charge in [-0.05, 0) is 18.2 Å². The number of nitrogens with one attached hydrogen (secondary N) is 1. The highest BCUT2D eigenvalue weighted by Gasteiger charge is 2.14. The summed E-state index contributed by atoms with van der Waals surface area (Å²) in [6.45, 7) is 0. The first-order valence-electron chi connectivity index (χ1n) is 4.55. The van der Waals surface area contributed by atoms with E-state index in [0.717, 1.165) is 0 Å². The minimum atomic E-state index is -2.69. The van der Waals surface area contributed by atoms with Crippen LogP contribution in [0.2, 0.25) is 5.02 Å². The Kier molecular flexibility index (Phi) is 2.87. The molecule has 1 heterocycles.